The van der Waals surface area contributed by atoms with Crippen LogP contribution < -0.4 is 5.32 Å². The molecule has 34 heavy (non-hydrogen) atoms. The molecule has 180 valence electrons. The quantitative estimate of drug-likeness (QED) is 0.392. The van der Waals surface area contributed by atoms with Gasteiger partial charge >= 0.3 is 0 Å². The molecule has 1 saturated heterocycles. The Kier molecular flexibility index (Phi) is 8.00. The number of aryl methyl sites for hydroxylation is 1. The lowest BCUT2D eigenvalue weighted by Crippen LogP contribution is -2.49. The number of rotatable bonds is 5. The molecular formula is C24H25Cl3FN5S. The maximum Gasteiger partial charge on any atom is 0.173 e. The summed E-state index contributed by atoms with van der Waals surface area (Å²) in [5.41, 5.74) is 3.86. The number of halogens is 4. The van der Waals surface area contributed by atoms with Gasteiger partial charge in [0.15, 0.2) is 5.11 Å². The highest BCUT2D eigenvalue weighted by molar-refractivity contribution is 7.80. The molecule has 5 nitrogen and oxygen atoms in total. The predicted octanol–water partition coefficient (Wildman–Crippen LogP) is 6.16. The fourth-order valence-corrected chi connectivity index (χ4v) is 5.09. The molecule has 3 aromatic rings. The van der Waals surface area contributed by atoms with Crippen molar-refractivity contribution in [1.29, 1.82) is 0 Å². The fraction of sp³-hybridized carbons (Fsp3) is 0.333. The molecule has 1 aromatic heterocycles. The van der Waals surface area contributed by atoms with Gasteiger partial charge in [0.1, 0.15) is 5.82 Å². The molecule has 0 unspecified atom stereocenters. The van der Waals surface area contributed by atoms with Crippen molar-refractivity contribution in [2.24, 2.45) is 0 Å². The highest BCUT2D eigenvalue weighted by Crippen LogP contribution is 2.27. The largest absolute Gasteiger partial charge is 0.346 e. The Hall–Kier alpha value is -1.90. The zero-order valence-corrected chi connectivity index (χ0v) is 22.0. The van der Waals surface area contributed by atoms with Crippen molar-refractivity contribution in [3.63, 3.8) is 0 Å². The second kappa shape index (κ2) is 10.8. The third-order valence-electron chi connectivity index (χ3n) is 6.09. The van der Waals surface area contributed by atoms with Crippen molar-refractivity contribution < 1.29 is 4.39 Å². The topological polar surface area (TPSA) is 36.3 Å². The Balaban J connectivity index is 1.38. The molecule has 0 amide bonds. The van der Waals surface area contributed by atoms with E-state index in [0.717, 1.165) is 48.8 Å². The van der Waals surface area contributed by atoms with Crippen molar-refractivity contribution in [3.05, 3.63) is 79.8 Å². The Morgan fingerprint density at radius 2 is 1.53 bits per heavy atom. The lowest BCUT2D eigenvalue weighted by molar-refractivity contribution is 0.177. The maximum absolute atomic E-state index is 14.3. The van der Waals surface area contributed by atoms with Gasteiger partial charge in [0.25, 0.3) is 0 Å². The van der Waals surface area contributed by atoms with Gasteiger partial charge in [0.05, 0.1) is 23.6 Å². The molecule has 1 aliphatic rings. The first-order valence-electron chi connectivity index (χ1n) is 10.9. The molecule has 0 radical (unpaired) electrons. The summed E-state index contributed by atoms with van der Waals surface area (Å²) in [6.07, 6.45) is 0. The van der Waals surface area contributed by atoms with E-state index in [9.17, 15) is 4.39 Å². The number of anilines is 1. The van der Waals surface area contributed by atoms with Crippen molar-refractivity contribution in [2.45, 2.75) is 26.9 Å². The van der Waals surface area contributed by atoms with Crippen LogP contribution in [0.1, 0.15) is 22.5 Å². The Labute approximate surface area is 219 Å². The molecule has 10 heteroatoms. The number of thiocarbonyl (C=S) groups is 1. The molecular weight excluding hydrogens is 516 g/mol. The van der Waals surface area contributed by atoms with Gasteiger partial charge in [-0.15, -0.1) is 0 Å². The first kappa shape index (κ1) is 25.2. The van der Waals surface area contributed by atoms with Crippen LogP contribution in [0.2, 0.25) is 15.1 Å². The van der Waals surface area contributed by atoms with Crippen LogP contribution in [-0.4, -0.2) is 50.9 Å². The van der Waals surface area contributed by atoms with E-state index in [1.54, 1.807) is 16.8 Å². The summed E-state index contributed by atoms with van der Waals surface area (Å²) in [5, 5.41) is 10.3. The summed E-state index contributed by atoms with van der Waals surface area (Å²) in [6, 6.07) is 10.3. The minimum Gasteiger partial charge on any atom is -0.346 e. The molecule has 0 aliphatic carbocycles. The Morgan fingerprint density at radius 3 is 2.15 bits per heavy atom. The number of nitrogens with zero attached hydrogens (tertiary/aromatic N) is 4. The normalized spacial score (nSPS) is 14.5. The minimum absolute atomic E-state index is 0.246. The van der Waals surface area contributed by atoms with E-state index in [-0.39, 0.29) is 12.4 Å². The minimum atomic E-state index is -0.346. The highest BCUT2D eigenvalue weighted by Gasteiger charge is 2.22. The average Bonchev–Trinajstić information content (AvgIpc) is 3.06. The standard InChI is InChI=1S/C24H25Cl3FN5S/c1-15-23(16(2)33(30-15)14-18-21(27)7-4-8-22(18)28)29-24(34)32-11-9-31(10-12-32)13-17-19(25)5-3-6-20(17)26/h3-8H,9-14H2,1-2H3,(H,29,34). The van der Waals surface area contributed by atoms with E-state index in [1.807, 2.05) is 32.0 Å². The van der Waals surface area contributed by atoms with Crippen LogP contribution in [0.25, 0.3) is 0 Å². The molecule has 0 saturated carbocycles. The van der Waals surface area contributed by atoms with Crippen LogP contribution >= 0.6 is 47.0 Å². The zero-order chi connectivity index (χ0) is 24.4. The summed E-state index contributed by atoms with van der Waals surface area (Å²) in [6.45, 7) is 8.04. The summed E-state index contributed by atoms with van der Waals surface area (Å²) in [5.74, 6) is -0.346. The van der Waals surface area contributed by atoms with E-state index in [4.69, 9.17) is 47.0 Å². The van der Waals surface area contributed by atoms with Gasteiger partial charge in [0.2, 0.25) is 0 Å². The van der Waals surface area contributed by atoms with Gasteiger partial charge in [-0.25, -0.2) is 4.39 Å². The molecule has 2 heterocycles. The number of aromatic nitrogens is 2. The Morgan fingerprint density at radius 1 is 0.941 bits per heavy atom. The van der Waals surface area contributed by atoms with Crippen molar-refractivity contribution >= 4 is 57.8 Å². The van der Waals surface area contributed by atoms with Crippen LogP contribution in [0, 0.1) is 19.7 Å². The van der Waals surface area contributed by atoms with Gasteiger partial charge in [-0.1, -0.05) is 46.9 Å². The number of piperazine rings is 1. The number of benzene rings is 2. The molecule has 0 spiro atoms. The first-order valence-corrected chi connectivity index (χ1v) is 12.5. The van der Waals surface area contributed by atoms with Crippen molar-refractivity contribution in [3.8, 4) is 0 Å². The maximum atomic E-state index is 14.3. The second-order valence-corrected chi connectivity index (χ2v) is 9.91. The van der Waals surface area contributed by atoms with Crippen LogP contribution in [0.15, 0.2) is 36.4 Å². The van der Waals surface area contributed by atoms with E-state index >= 15 is 0 Å². The summed E-state index contributed by atoms with van der Waals surface area (Å²) in [4.78, 5) is 4.46. The molecule has 1 aliphatic heterocycles. The van der Waals surface area contributed by atoms with E-state index < -0.39 is 0 Å². The van der Waals surface area contributed by atoms with E-state index in [1.165, 1.54) is 6.07 Å². The van der Waals surface area contributed by atoms with Crippen molar-refractivity contribution in [2.75, 3.05) is 31.5 Å². The molecule has 1 fully saturated rings. The average molecular weight is 541 g/mol. The molecule has 4 rings (SSSR count). The molecule has 0 atom stereocenters. The van der Waals surface area contributed by atoms with Gasteiger partial charge < -0.3 is 10.2 Å². The molecule has 2 aromatic carbocycles. The third kappa shape index (κ3) is 5.50. The third-order valence-corrected chi connectivity index (χ3v) is 7.51. The van der Waals surface area contributed by atoms with Gasteiger partial charge in [-0.2, -0.15) is 5.10 Å². The second-order valence-electron chi connectivity index (χ2n) is 8.30. The van der Waals surface area contributed by atoms with Crippen molar-refractivity contribution in [1.82, 2.24) is 19.6 Å². The highest BCUT2D eigenvalue weighted by atomic mass is 35.5. The molecule has 1 N–H and O–H groups in total. The van der Waals surface area contributed by atoms with Crippen LogP contribution in [0.4, 0.5) is 10.1 Å². The fourth-order valence-electron chi connectivity index (χ4n) is 4.07. The zero-order valence-electron chi connectivity index (χ0n) is 18.9. The van der Waals surface area contributed by atoms with E-state index in [0.29, 0.717) is 32.3 Å². The number of nitrogens with one attached hydrogen (secondary N) is 1. The first-order chi connectivity index (χ1) is 16.2. The van der Waals surface area contributed by atoms with E-state index in [2.05, 4.69) is 20.2 Å². The van der Waals surface area contributed by atoms with Gasteiger partial charge in [0, 0.05) is 58.9 Å². The monoisotopic (exact) mass is 539 g/mol. The smallest absolute Gasteiger partial charge is 0.173 e. The van der Waals surface area contributed by atoms with Crippen LogP contribution in [-0.2, 0) is 13.1 Å². The molecule has 0 bridgehead atoms. The summed E-state index contributed by atoms with van der Waals surface area (Å²) in [7, 11) is 0. The van der Waals surface area contributed by atoms with Crippen LogP contribution in [0.5, 0.6) is 0 Å². The summed E-state index contributed by atoms with van der Waals surface area (Å²) >= 11 is 24.6. The van der Waals surface area contributed by atoms with Gasteiger partial charge in [-0.05, 0) is 50.3 Å². The predicted molar refractivity (Wildman–Crippen MR) is 142 cm³/mol. The summed E-state index contributed by atoms with van der Waals surface area (Å²) < 4.78 is 16.0. The van der Waals surface area contributed by atoms with Crippen LogP contribution in [0.3, 0.4) is 0 Å². The lowest BCUT2D eigenvalue weighted by Gasteiger charge is -2.36. The Bertz CT molecular complexity index is 1170. The SMILES string of the molecule is Cc1nn(Cc2c(F)cccc2Cl)c(C)c1NC(=S)N1CCN(Cc2c(Cl)cccc2Cl)CC1. The number of hydrogen-bond acceptors (Lipinski definition) is 3. The lowest BCUT2D eigenvalue weighted by atomic mass is 10.2. The number of hydrogen-bond donors (Lipinski definition) is 1. The van der Waals surface area contributed by atoms with Gasteiger partial charge in [-0.3, -0.25) is 9.58 Å².